The third-order valence-corrected chi connectivity index (χ3v) is 23.9. The van der Waals surface area contributed by atoms with Gasteiger partial charge in [0.25, 0.3) is 32.1 Å². The lowest BCUT2D eigenvalue weighted by Crippen LogP contribution is -2.35. The van der Waals surface area contributed by atoms with Crippen molar-refractivity contribution in [2.75, 3.05) is 94.6 Å². The molecule has 0 unspecified atom stereocenters. The van der Waals surface area contributed by atoms with Gasteiger partial charge in [-0.3, -0.25) is 33.5 Å². The van der Waals surface area contributed by atoms with Gasteiger partial charge in [-0.25, -0.2) is 4.98 Å². The number of carbonyl (C=O) groups excluding carboxylic acids is 3. The maximum atomic E-state index is 13.4. The van der Waals surface area contributed by atoms with Gasteiger partial charge in [-0.2, -0.15) is 21.4 Å². The van der Waals surface area contributed by atoms with Crippen LogP contribution < -0.4 is 37.2 Å². The Kier molecular flexibility index (Phi) is 27.4. The molecule has 2 aliphatic rings. The molecule has 9 N–H and O–H groups in total. The zero-order chi connectivity index (χ0) is 81.4. The Labute approximate surface area is 675 Å². The SMILES string of the molecule is CCN(CCN)CCCCNc1ccnc2cc(-c3ccc(CNC(=O)c4ccc5nc(C(=O)NCc6ccc(-c7ccc8c(NCCCCN(CC)CCNC(=O)CCCCC[N+]9=C(/C=C/C=C/C=C%10\N(C)c%11ccc(S(=O)(=O)O)cc%11C%10(C)C)C(C)(C)c%10cc(S(=O)(=O)O)ccc%109)ccnc8c7)cc6)ccc5c4)cc3)ccc12. The zero-order valence-corrected chi connectivity index (χ0v) is 68.4. The molecule has 115 heavy (non-hydrogen) atoms. The maximum absolute atomic E-state index is 13.4. The molecule has 2 aliphatic heterocycles. The predicted octanol–water partition coefficient (Wildman–Crippen LogP) is 15.2. The fourth-order valence-electron chi connectivity index (χ4n) is 15.5. The van der Waals surface area contributed by atoms with Crippen molar-refractivity contribution in [3.8, 4) is 22.3 Å². The molecular weight excluding hydrogens is 1480 g/mol. The summed E-state index contributed by atoms with van der Waals surface area (Å²) in [6.07, 6.45) is 20.2. The average molecular weight is 1590 g/mol. The molecule has 0 bridgehead atoms. The number of likely N-dealkylation sites (N-methyl/N-ethyl adjacent to an activating group) is 3. The summed E-state index contributed by atoms with van der Waals surface area (Å²) in [6.45, 7) is 22.1. The lowest BCUT2D eigenvalue weighted by Gasteiger charge is -2.23. The van der Waals surface area contributed by atoms with Crippen LogP contribution in [0.3, 0.4) is 0 Å². The highest BCUT2D eigenvalue weighted by atomic mass is 32.2. The highest BCUT2D eigenvalue weighted by Gasteiger charge is 2.45. The van der Waals surface area contributed by atoms with Crippen LogP contribution in [-0.4, -0.2) is 158 Å². The number of anilines is 3. The first-order valence-corrected chi connectivity index (χ1v) is 42.7. The van der Waals surface area contributed by atoms with E-state index >= 15 is 0 Å². The van der Waals surface area contributed by atoms with Gasteiger partial charge in [-0.15, -0.1) is 0 Å². The van der Waals surface area contributed by atoms with E-state index in [0.717, 1.165) is 197 Å². The standard InChI is InChI=1S/C91H105N13O9S2/c1-8-102(54-45-92)51-18-15-46-93-78-43-48-95-81-57-67(31-37-73(78)81)65-27-23-63(24-28-65)61-98-88(106)70-34-39-77-69(56-70)33-40-80(100-77)89(107)99-62-64-25-29-66(30-26-64)68-32-38-74-79(44-49-96-82(74)58-68)94-47-16-19-52-103(9-2)55-50-97-87(105)22-14-11-17-53-104-84-42-36-72(115(111,112)113)60-76(84)91(5,6)86(104)21-13-10-12-20-85-90(3,4)75-59-71(114(108,109)110)35-41-83(75)101(85)7/h10,12-13,20-21,23-44,48-49,56-60H,8-9,11,14-19,22,45-47,50-55,61-62,92H2,1-7H3,(H6-,93,94,95,96,97,98,99,105,106,107,108,109,110,111,112,113)/p+1. The average Bonchev–Trinajstić information content (AvgIpc) is 1.59. The second-order valence-electron chi connectivity index (χ2n) is 30.6. The Hall–Kier alpha value is -10.8. The van der Waals surface area contributed by atoms with Crippen LogP contribution in [0.5, 0.6) is 0 Å². The molecule has 7 aromatic carbocycles. The predicted molar refractivity (Wildman–Crippen MR) is 462 cm³/mol. The first kappa shape index (κ1) is 83.6. The van der Waals surface area contributed by atoms with Crippen LogP contribution in [0.25, 0.3) is 55.0 Å². The van der Waals surface area contributed by atoms with Crippen LogP contribution in [0.2, 0.25) is 0 Å². The van der Waals surface area contributed by atoms with Crippen LogP contribution in [-0.2, 0) is 49.0 Å². The number of amides is 3. The molecule has 3 aromatic heterocycles. The fourth-order valence-corrected chi connectivity index (χ4v) is 16.5. The molecule has 22 nitrogen and oxygen atoms in total. The van der Waals surface area contributed by atoms with E-state index in [1.54, 1.807) is 42.5 Å². The van der Waals surface area contributed by atoms with Crippen molar-refractivity contribution >= 4 is 99.1 Å². The van der Waals surface area contributed by atoms with Gasteiger partial charge in [0.1, 0.15) is 12.2 Å². The summed E-state index contributed by atoms with van der Waals surface area (Å²) >= 11 is 0. The van der Waals surface area contributed by atoms with Gasteiger partial charge < -0.3 is 47.0 Å². The quantitative estimate of drug-likeness (QED) is 0.00772. The van der Waals surface area contributed by atoms with Crippen molar-refractivity contribution in [2.45, 2.75) is 127 Å². The second-order valence-corrected chi connectivity index (χ2v) is 33.4. The van der Waals surface area contributed by atoms with Gasteiger partial charge in [-0.1, -0.05) is 125 Å². The minimum Gasteiger partial charge on any atom is -0.384 e. The third-order valence-electron chi connectivity index (χ3n) is 22.2. The summed E-state index contributed by atoms with van der Waals surface area (Å²) in [4.78, 5) is 60.4. The van der Waals surface area contributed by atoms with Crippen LogP contribution in [0.4, 0.5) is 22.7 Å². The molecular formula is C91H106N13O9S2+. The molecule has 0 aliphatic carbocycles. The van der Waals surface area contributed by atoms with Crippen LogP contribution in [0.1, 0.15) is 136 Å². The third kappa shape index (κ3) is 20.6. The Balaban J connectivity index is 0.542. The van der Waals surface area contributed by atoms with E-state index in [9.17, 15) is 40.3 Å². The van der Waals surface area contributed by atoms with Crippen molar-refractivity contribution in [3.63, 3.8) is 0 Å². The Bertz CT molecular complexity index is 5570. The Morgan fingerprint density at radius 1 is 0.539 bits per heavy atom. The lowest BCUT2D eigenvalue weighted by molar-refractivity contribution is -0.438. The number of unbranched alkanes of at least 4 members (excludes halogenated alkanes) is 4. The van der Waals surface area contributed by atoms with Crippen LogP contribution in [0.15, 0.2) is 222 Å². The van der Waals surface area contributed by atoms with Crippen LogP contribution >= 0.6 is 0 Å². The van der Waals surface area contributed by atoms with Crippen molar-refractivity contribution in [2.24, 2.45) is 5.73 Å². The highest BCUT2D eigenvalue weighted by Crippen LogP contribution is 2.48. The van der Waals surface area contributed by atoms with E-state index in [0.29, 0.717) is 56.6 Å². The molecule has 0 atom stereocenters. The number of rotatable bonds is 38. The first-order valence-electron chi connectivity index (χ1n) is 39.8. The van der Waals surface area contributed by atoms with E-state index < -0.39 is 31.1 Å². The topological polar surface area (TPSA) is 298 Å². The number of nitrogens with one attached hydrogen (secondary N) is 5. The monoisotopic (exact) mass is 1590 g/mol. The van der Waals surface area contributed by atoms with Crippen molar-refractivity contribution in [1.82, 2.24) is 40.7 Å². The maximum Gasteiger partial charge on any atom is 0.294 e. The second kappa shape index (κ2) is 37.6. The van der Waals surface area contributed by atoms with E-state index in [1.807, 2.05) is 137 Å². The van der Waals surface area contributed by atoms with Gasteiger partial charge >= 0.3 is 0 Å². The summed E-state index contributed by atoms with van der Waals surface area (Å²) in [6, 6.07) is 51.1. The first-order chi connectivity index (χ1) is 55.3. The number of fused-ring (bicyclic) bond motifs is 5. The number of nitrogens with zero attached hydrogens (tertiary/aromatic N) is 7. The Morgan fingerprint density at radius 3 is 1.70 bits per heavy atom. The molecule has 0 saturated carbocycles. The smallest absolute Gasteiger partial charge is 0.294 e. The summed E-state index contributed by atoms with van der Waals surface area (Å²) < 4.78 is 70.4. The molecule has 0 fully saturated rings. The lowest BCUT2D eigenvalue weighted by atomic mass is 9.81. The number of allylic oxidation sites excluding steroid dienone is 6. The molecule has 0 spiro atoms. The number of hydrogen-bond acceptors (Lipinski definition) is 16. The summed E-state index contributed by atoms with van der Waals surface area (Å²) in [5.74, 6) is -0.493. The molecule has 12 rings (SSSR count). The number of aromatic nitrogens is 3. The summed E-state index contributed by atoms with van der Waals surface area (Å²) in [5, 5.41) is 19.3. The van der Waals surface area contributed by atoms with Crippen molar-refractivity contribution in [3.05, 3.63) is 246 Å². The fraction of sp³-hybridized carbons (Fsp3) is 0.330. The molecule has 0 radical (unpaired) electrons. The molecule has 600 valence electrons. The molecule has 24 heteroatoms. The van der Waals surface area contributed by atoms with Gasteiger partial charge in [0.15, 0.2) is 5.71 Å². The van der Waals surface area contributed by atoms with Gasteiger partial charge in [-0.05, 0) is 202 Å². The number of nitrogens with two attached hydrogens (primary N) is 1. The Morgan fingerprint density at radius 2 is 1.11 bits per heavy atom. The molecule has 3 amide bonds. The summed E-state index contributed by atoms with van der Waals surface area (Å²) in [5.41, 5.74) is 21.1. The minimum absolute atomic E-state index is 0.0170. The normalized spacial score (nSPS) is 14.3. The highest BCUT2D eigenvalue weighted by molar-refractivity contribution is 7.86. The number of carbonyl (C=O) groups is 3. The van der Waals surface area contributed by atoms with Gasteiger partial charge in [0.2, 0.25) is 11.6 Å². The van der Waals surface area contributed by atoms with E-state index in [4.69, 9.17) is 10.7 Å². The van der Waals surface area contributed by atoms with Crippen molar-refractivity contribution < 1.29 is 44.9 Å². The minimum atomic E-state index is -4.45. The van der Waals surface area contributed by atoms with E-state index in [2.05, 4.69) is 113 Å². The largest absolute Gasteiger partial charge is 0.384 e. The molecule has 5 heterocycles. The zero-order valence-electron chi connectivity index (χ0n) is 66.8. The molecule has 0 saturated heterocycles. The van der Waals surface area contributed by atoms with E-state index in [-0.39, 0.29) is 33.2 Å². The number of pyridine rings is 3. The van der Waals surface area contributed by atoms with Gasteiger partial charge in [0.05, 0.1) is 31.8 Å². The van der Waals surface area contributed by atoms with Crippen LogP contribution in [0, 0.1) is 0 Å². The van der Waals surface area contributed by atoms with Gasteiger partial charge in [0, 0.05) is 152 Å². The van der Waals surface area contributed by atoms with Crippen molar-refractivity contribution in [1.29, 1.82) is 0 Å². The molecule has 10 aromatic rings. The number of benzene rings is 7. The van der Waals surface area contributed by atoms with E-state index in [1.165, 1.54) is 18.2 Å². The summed E-state index contributed by atoms with van der Waals surface area (Å²) in [7, 11) is -6.90. The number of hydrogen-bond donors (Lipinski definition) is 8.